The maximum Gasteiger partial charge on any atom is 0.408 e. The molecule has 0 spiro atoms. The van der Waals surface area contributed by atoms with Gasteiger partial charge in [0.2, 0.25) is 0 Å². The topological polar surface area (TPSA) is 102 Å². The van der Waals surface area contributed by atoms with Gasteiger partial charge in [-0.25, -0.2) is 9.59 Å². The van der Waals surface area contributed by atoms with Gasteiger partial charge in [0.15, 0.2) is 0 Å². The maximum absolute atomic E-state index is 11.6. The van der Waals surface area contributed by atoms with Crippen LogP contribution in [-0.4, -0.2) is 42.4 Å². The Labute approximate surface area is 110 Å². The van der Waals surface area contributed by atoms with E-state index in [0.29, 0.717) is 0 Å². The lowest BCUT2D eigenvalue weighted by molar-refractivity contribution is -0.145. The van der Waals surface area contributed by atoms with E-state index >= 15 is 0 Å². The minimum absolute atomic E-state index is 0.0147. The second kappa shape index (κ2) is 9.69. The summed E-state index contributed by atoms with van der Waals surface area (Å²) in [5.74, 6) is -1.82. The maximum atomic E-state index is 11.6. The SMILES string of the molecule is C=CCOC(=O)N[C@@H](CCC(=O)O)C(=O)OCC=C. The zero-order valence-electron chi connectivity index (χ0n) is 10.5. The van der Waals surface area contributed by atoms with Crippen LogP contribution in [0.2, 0.25) is 0 Å². The molecule has 0 aliphatic rings. The molecule has 0 radical (unpaired) electrons. The highest BCUT2D eigenvalue weighted by atomic mass is 16.6. The molecular weight excluding hydrogens is 254 g/mol. The van der Waals surface area contributed by atoms with E-state index in [1.807, 2.05) is 0 Å². The molecule has 19 heavy (non-hydrogen) atoms. The summed E-state index contributed by atoms with van der Waals surface area (Å²) in [7, 11) is 0. The van der Waals surface area contributed by atoms with Crippen LogP contribution in [0.15, 0.2) is 25.3 Å². The number of carboxylic acids is 1. The standard InChI is InChI=1S/C12H17NO6/c1-3-7-18-11(16)9(5-6-10(14)15)13-12(17)19-8-4-2/h3-4,9H,1-2,5-8H2,(H,13,17)(H,14,15)/t9-/m0/s1. The van der Waals surface area contributed by atoms with Crippen molar-refractivity contribution in [2.45, 2.75) is 18.9 Å². The molecule has 0 fully saturated rings. The predicted octanol–water partition coefficient (Wildman–Crippen LogP) is 0.861. The number of hydrogen-bond acceptors (Lipinski definition) is 5. The summed E-state index contributed by atoms with van der Waals surface area (Å²) in [6.45, 7) is 6.70. The highest BCUT2D eigenvalue weighted by Crippen LogP contribution is 2.01. The third kappa shape index (κ3) is 8.42. The number of carbonyl (C=O) groups is 3. The lowest BCUT2D eigenvalue weighted by Gasteiger charge is -2.16. The first-order valence-corrected chi connectivity index (χ1v) is 5.54. The summed E-state index contributed by atoms with van der Waals surface area (Å²) >= 11 is 0. The molecule has 0 rings (SSSR count). The van der Waals surface area contributed by atoms with E-state index in [2.05, 4.69) is 23.2 Å². The monoisotopic (exact) mass is 271 g/mol. The first-order valence-electron chi connectivity index (χ1n) is 5.54. The van der Waals surface area contributed by atoms with Crippen molar-refractivity contribution in [1.82, 2.24) is 5.32 Å². The fraction of sp³-hybridized carbons (Fsp3) is 0.417. The number of carboxylic acid groups (broad SMARTS) is 1. The Morgan fingerprint density at radius 2 is 1.74 bits per heavy atom. The van der Waals surface area contributed by atoms with E-state index in [-0.39, 0.29) is 26.1 Å². The van der Waals surface area contributed by atoms with Gasteiger partial charge in [0.05, 0.1) is 0 Å². The summed E-state index contributed by atoms with van der Waals surface area (Å²) in [5.41, 5.74) is 0. The fourth-order valence-corrected chi connectivity index (χ4v) is 1.08. The van der Waals surface area contributed by atoms with Crippen molar-refractivity contribution in [1.29, 1.82) is 0 Å². The highest BCUT2D eigenvalue weighted by molar-refractivity contribution is 5.82. The van der Waals surface area contributed by atoms with Crippen molar-refractivity contribution >= 4 is 18.0 Å². The zero-order valence-corrected chi connectivity index (χ0v) is 10.5. The summed E-state index contributed by atoms with van der Waals surface area (Å²) in [6.07, 6.45) is 1.51. The number of nitrogens with one attached hydrogen (secondary N) is 1. The van der Waals surface area contributed by atoms with E-state index in [4.69, 9.17) is 9.84 Å². The summed E-state index contributed by atoms with van der Waals surface area (Å²) in [4.78, 5) is 33.3. The quantitative estimate of drug-likeness (QED) is 0.476. The van der Waals surface area contributed by atoms with Crippen LogP contribution < -0.4 is 5.32 Å². The number of esters is 1. The molecule has 0 aromatic heterocycles. The first kappa shape index (κ1) is 16.7. The van der Waals surface area contributed by atoms with E-state index in [9.17, 15) is 14.4 Å². The van der Waals surface area contributed by atoms with Gasteiger partial charge in [0, 0.05) is 6.42 Å². The van der Waals surface area contributed by atoms with Crippen LogP contribution in [0, 0.1) is 0 Å². The van der Waals surface area contributed by atoms with Crippen molar-refractivity contribution in [3.63, 3.8) is 0 Å². The van der Waals surface area contributed by atoms with E-state index < -0.39 is 24.1 Å². The minimum atomic E-state index is -1.08. The van der Waals surface area contributed by atoms with E-state index in [0.717, 1.165) is 0 Å². The van der Waals surface area contributed by atoms with Gasteiger partial charge in [0.25, 0.3) is 0 Å². The van der Waals surface area contributed by atoms with Gasteiger partial charge >= 0.3 is 18.0 Å². The van der Waals surface area contributed by atoms with Crippen LogP contribution in [0.5, 0.6) is 0 Å². The second-order valence-corrected chi connectivity index (χ2v) is 3.44. The predicted molar refractivity (Wildman–Crippen MR) is 66.5 cm³/mol. The number of rotatable bonds is 9. The van der Waals surface area contributed by atoms with Gasteiger partial charge in [0.1, 0.15) is 19.3 Å². The third-order valence-electron chi connectivity index (χ3n) is 1.90. The summed E-state index contributed by atoms with van der Waals surface area (Å²) < 4.78 is 9.39. The smallest absolute Gasteiger partial charge is 0.408 e. The average molecular weight is 271 g/mol. The Hall–Kier alpha value is -2.31. The number of ether oxygens (including phenoxy) is 2. The normalized spacial score (nSPS) is 10.9. The molecule has 0 aromatic carbocycles. The number of alkyl carbamates (subject to hydrolysis) is 1. The largest absolute Gasteiger partial charge is 0.481 e. The number of hydrogen-bond donors (Lipinski definition) is 2. The molecule has 0 aliphatic carbocycles. The van der Waals surface area contributed by atoms with Gasteiger partial charge in [-0.2, -0.15) is 0 Å². The molecule has 7 nitrogen and oxygen atoms in total. The zero-order chi connectivity index (χ0) is 14.7. The van der Waals surface area contributed by atoms with Gasteiger partial charge in [-0.3, -0.25) is 4.79 Å². The molecule has 0 saturated heterocycles. The molecule has 0 aliphatic heterocycles. The Kier molecular flexibility index (Phi) is 8.51. The molecule has 2 N–H and O–H groups in total. The molecule has 7 heteroatoms. The summed E-state index contributed by atoms with van der Waals surface area (Å²) in [6, 6.07) is -1.08. The van der Waals surface area contributed by atoms with E-state index in [1.54, 1.807) is 0 Å². The van der Waals surface area contributed by atoms with Crippen molar-refractivity contribution in [3.05, 3.63) is 25.3 Å². The fourth-order valence-electron chi connectivity index (χ4n) is 1.08. The Morgan fingerprint density at radius 3 is 2.26 bits per heavy atom. The molecule has 0 heterocycles. The van der Waals surface area contributed by atoms with Gasteiger partial charge in [-0.15, -0.1) is 0 Å². The Balaban J connectivity index is 4.42. The van der Waals surface area contributed by atoms with E-state index in [1.165, 1.54) is 12.2 Å². The number of aliphatic carboxylic acids is 1. The van der Waals surface area contributed by atoms with Crippen LogP contribution >= 0.6 is 0 Å². The molecule has 0 bridgehead atoms. The number of carbonyl (C=O) groups excluding carboxylic acids is 2. The minimum Gasteiger partial charge on any atom is -0.481 e. The lowest BCUT2D eigenvalue weighted by Crippen LogP contribution is -2.42. The van der Waals surface area contributed by atoms with Crippen LogP contribution in [0.4, 0.5) is 4.79 Å². The molecule has 106 valence electrons. The lowest BCUT2D eigenvalue weighted by atomic mass is 10.1. The second-order valence-electron chi connectivity index (χ2n) is 3.44. The van der Waals surface area contributed by atoms with Gasteiger partial charge in [-0.05, 0) is 6.42 Å². The van der Waals surface area contributed by atoms with Crippen LogP contribution in [0.1, 0.15) is 12.8 Å². The van der Waals surface area contributed by atoms with Gasteiger partial charge < -0.3 is 19.9 Å². The third-order valence-corrected chi connectivity index (χ3v) is 1.90. The molecule has 0 aromatic rings. The molecular formula is C12H17NO6. The van der Waals surface area contributed by atoms with Crippen LogP contribution in [-0.2, 0) is 19.1 Å². The molecule has 0 saturated carbocycles. The molecule has 0 unspecified atom stereocenters. The first-order chi connectivity index (χ1) is 9.01. The van der Waals surface area contributed by atoms with Crippen molar-refractivity contribution < 1.29 is 29.0 Å². The summed E-state index contributed by atoms with van der Waals surface area (Å²) in [5, 5.41) is 10.8. The Morgan fingerprint density at radius 1 is 1.16 bits per heavy atom. The average Bonchev–Trinajstić information content (AvgIpc) is 2.38. The van der Waals surface area contributed by atoms with Crippen molar-refractivity contribution in [2.24, 2.45) is 0 Å². The Bertz CT molecular complexity index is 352. The highest BCUT2D eigenvalue weighted by Gasteiger charge is 2.23. The number of amides is 1. The van der Waals surface area contributed by atoms with Gasteiger partial charge in [-0.1, -0.05) is 25.3 Å². The molecule has 1 atom stereocenters. The van der Waals surface area contributed by atoms with Crippen molar-refractivity contribution in [2.75, 3.05) is 13.2 Å². The van der Waals surface area contributed by atoms with Crippen LogP contribution in [0.25, 0.3) is 0 Å². The van der Waals surface area contributed by atoms with Crippen molar-refractivity contribution in [3.8, 4) is 0 Å². The van der Waals surface area contributed by atoms with Crippen LogP contribution in [0.3, 0.4) is 0 Å². The molecule has 1 amide bonds.